The van der Waals surface area contributed by atoms with Gasteiger partial charge in [0.1, 0.15) is 11.6 Å². The molecule has 0 N–H and O–H groups in total. The smallest absolute Gasteiger partial charge is 0.274 e. The summed E-state index contributed by atoms with van der Waals surface area (Å²) in [7, 11) is 1.59. The summed E-state index contributed by atoms with van der Waals surface area (Å²) in [5.41, 5.74) is 0.151. The molecule has 0 bridgehead atoms. The Morgan fingerprint density at radius 1 is 1.03 bits per heavy atom. The lowest BCUT2D eigenvalue weighted by atomic mass is 9.96. The van der Waals surface area contributed by atoms with E-state index in [0.29, 0.717) is 29.6 Å². The quantitative estimate of drug-likeness (QED) is 0.652. The highest BCUT2D eigenvalue weighted by atomic mass is 16.2. The molecule has 5 rings (SSSR count). The number of likely N-dealkylation sites (tertiary alicyclic amines) is 1. The highest BCUT2D eigenvalue weighted by molar-refractivity contribution is 6.04. The summed E-state index contributed by atoms with van der Waals surface area (Å²) in [5.74, 6) is 2.15. The van der Waals surface area contributed by atoms with Gasteiger partial charge in [0.05, 0.1) is 5.39 Å². The average molecular weight is 406 g/mol. The van der Waals surface area contributed by atoms with E-state index in [-0.39, 0.29) is 17.4 Å². The Morgan fingerprint density at radius 3 is 2.73 bits per heavy atom. The van der Waals surface area contributed by atoms with Crippen LogP contribution in [0.1, 0.15) is 60.2 Å². The molecular formula is C22H26N6O2. The van der Waals surface area contributed by atoms with Gasteiger partial charge in [0.2, 0.25) is 0 Å². The van der Waals surface area contributed by atoms with Crippen molar-refractivity contribution >= 4 is 16.7 Å². The van der Waals surface area contributed by atoms with Crippen molar-refractivity contribution < 1.29 is 4.79 Å². The maximum atomic E-state index is 13.4. The molecule has 1 fully saturated rings. The first-order valence-electron chi connectivity index (χ1n) is 10.8. The van der Waals surface area contributed by atoms with Gasteiger partial charge >= 0.3 is 0 Å². The lowest BCUT2D eigenvalue weighted by molar-refractivity contribution is 0.0697. The average Bonchev–Trinajstić information content (AvgIpc) is 3.04. The third-order valence-electron chi connectivity index (χ3n) is 6.37. The van der Waals surface area contributed by atoms with Gasteiger partial charge in [0, 0.05) is 44.4 Å². The molecule has 2 aliphatic rings. The molecule has 1 saturated heterocycles. The second-order valence-electron chi connectivity index (χ2n) is 8.35. The Hall–Kier alpha value is -3.03. The van der Waals surface area contributed by atoms with Crippen molar-refractivity contribution in [2.24, 2.45) is 7.05 Å². The normalized spacial score (nSPS) is 19.5. The topological polar surface area (TPSA) is 85.9 Å². The van der Waals surface area contributed by atoms with Gasteiger partial charge in [0.15, 0.2) is 5.69 Å². The van der Waals surface area contributed by atoms with Crippen LogP contribution in [-0.4, -0.2) is 48.4 Å². The highest BCUT2D eigenvalue weighted by Gasteiger charge is 2.31. The van der Waals surface area contributed by atoms with E-state index in [1.165, 1.54) is 17.5 Å². The first-order chi connectivity index (χ1) is 14.6. The predicted octanol–water partition coefficient (Wildman–Crippen LogP) is 2.27. The number of amides is 1. The van der Waals surface area contributed by atoms with E-state index in [9.17, 15) is 9.59 Å². The van der Waals surface area contributed by atoms with Crippen LogP contribution >= 0.6 is 0 Å². The standard InChI is InChI=1S/C22H26N6O2/c1-26-21(29)17-10-5-4-9-16(17)19(25-26)22(30)27-12-7-8-15(14-27)20-24-23-18-11-3-2-6-13-28(18)20/h4-5,9-10,15H,2-3,6-8,11-14H2,1H3/t15-/m0/s1. The molecule has 8 heteroatoms. The van der Waals surface area contributed by atoms with Gasteiger partial charge in [-0.3, -0.25) is 9.59 Å². The van der Waals surface area contributed by atoms with Gasteiger partial charge in [-0.2, -0.15) is 5.10 Å². The van der Waals surface area contributed by atoms with Crippen LogP contribution in [0.5, 0.6) is 0 Å². The van der Waals surface area contributed by atoms with E-state index in [2.05, 4.69) is 19.9 Å². The summed E-state index contributed by atoms with van der Waals surface area (Å²) in [6.45, 7) is 2.26. The molecule has 156 valence electrons. The molecule has 0 saturated carbocycles. The fourth-order valence-electron chi connectivity index (χ4n) is 4.79. The molecule has 30 heavy (non-hydrogen) atoms. The summed E-state index contributed by atoms with van der Waals surface area (Å²) < 4.78 is 3.54. The number of aryl methyl sites for hydroxylation is 2. The van der Waals surface area contributed by atoms with Crippen molar-refractivity contribution in [2.45, 2.75) is 51.0 Å². The first kappa shape index (κ1) is 19.0. The zero-order chi connectivity index (χ0) is 20.7. The molecule has 1 aromatic carbocycles. The van der Waals surface area contributed by atoms with E-state index >= 15 is 0 Å². The molecule has 0 radical (unpaired) electrons. The lowest BCUT2D eigenvalue weighted by Gasteiger charge is -2.32. The monoisotopic (exact) mass is 406 g/mol. The lowest BCUT2D eigenvalue weighted by Crippen LogP contribution is -2.41. The number of piperidine rings is 1. The Bertz CT molecular complexity index is 1160. The van der Waals surface area contributed by atoms with Gasteiger partial charge in [0.25, 0.3) is 11.5 Å². The zero-order valence-electron chi connectivity index (χ0n) is 17.3. The van der Waals surface area contributed by atoms with Crippen molar-refractivity contribution in [3.05, 3.63) is 52.0 Å². The molecule has 2 aromatic heterocycles. The highest BCUT2D eigenvalue weighted by Crippen LogP contribution is 2.29. The Kier molecular flexibility index (Phi) is 4.84. The molecule has 1 amide bonds. The number of carbonyl (C=O) groups excluding carboxylic acids is 1. The molecule has 3 aromatic rings. The summed E-state index contributed by atoms with van der Waals surface area (Å²) in [6.07, 6.45) is 6.45. The Balaban J connectivity index is 1.46. The minimum absolute atomic E-state index is 0.123. The minimum Gasteiger partial charge on any atom is -0.337 e. The van der Waals surface area contributed by atoms with Gasteiger partial charge < -0.3 is 9.47 Å². The molecule has 4 heterocycles. The third-order valence-corrected chi connectivity index (χ3v) is 6.37. The predicted molar refractivity (Wildman–Crippen MR) is 112 cm³/mol. The maximum Gasteiger partial charge on any atom is 0.274 e. The minimum atomic E-state index is -0.190. The van der Waals surface area contributed by atoms with Gasteiger partial charge in [-0.1, -0.05) is 24.6 Å². The van der Waals surface area contributed by atoms with Crippen molar-refractivity contribution in [3.63, 3.8) is 0 Å². The molecule has 0 unspecified atom stereocenters. The summed E-state index contributed by atoms with van der Waals surface area (Å²) in [6, 6.07) is 7.20. The van der Waals surface area contributed by atoms with Crippen LogP contribution in [0.15, 0.2) is 29.1 Å². The van der Waals surface area contributed by atoms with Crippen molar-refractivity contribution in [1.82, 2.24) is 29.4 Å². The molecule has 0 aliphatic carbocycles. The van der Waals surface area contributed by atoms with Crippen LogP contribution in [-0.2, 0) is 20.0 Å². The molecule has 1 atom stereocenters. The van der Waals surface area contributed by atoms with Crippen LogP contribution in [0, 0.1) is 0 Å². The summed E-state index contributed by atoms with van der Waals surface area (Å²) in [5, 5.41) is 14.4. The zero-order valence-corrected chi connectivity index (χ0v) is 17.3. The number of hydrogen-bond donors (Lipinski definition) is 0. The number of nitrogens with zero attached hydrogens (tertiary/aromatic N) is 6. The van der Waals surface area contributed by atoms with E-state index in [0.717, 1.165) is 43.9 Å². The van der Waals surface area contributed by atoms with Crippen molar-refractivity contribution in [1.29, 1.82) is 0 Å². The van der Waals surface area contributed by atoms with Gasteiger partial charge in [-0.05, 0) is 31.7 Å². The summed E-state index contributed by atoms with van der Waals surface area (Å²) in [4.78, 5) is 27.7. The van der Waals surface area contributed by atoms with E-state index in [4.69, 9.17) is 0 Å². The van der Waals surface area contributed by atoms with E-state index < -0.39 is 0 Å². The number of rotatable bonds is 2. The van der Waals surface area contributed by atoms with Crippen LogP contribution < -0.4 is 5.56 Å². The van der Waals surface area contributed by atoms with Gasteiger partial charge in [-0.25, -0.2) is 4.68 Å². The van der Waals surface area contributed by atoms with Crippen LogP contribution in [0.4, 0.5) is 0 Å². The number of fused-ring (bicyclic) bond motifs is 2. The van der Waals surface area contributed by atoms with E-state index in [1.54, 1.807) is 19.2 Å². The van der Waals surface area contributed by atoms with Crippen LogP contribution in [0.25, 0.3) is 10.8 Å². The molecule has 8 nitrogen and oxygen atoms in total. The number of hydrogen-bond acceptors (Lipinski definition) is 5. The number of aromatic nitrogens is 5. The van der Waals surface area contributed by atoms with Crippen molar-refractivity contribution in [2.75, 3.05) is 13.1 Å². The number of carbonyl (C=O) groups is 1. The fraction of sp³-hybridized carbons (Fsp3) is 0.500. The van der Waals surface area contributed by atoms with Crippen molar-refractivity contribution in [3.8, 4) is 0 Å². The van der Waals surface area contributed by atoms with Crippen LogP contribution in [0.2, 0.25) is 0 Å². The van der Waals surface area contributed by atoms with Gasteiger partial charge in [-0.15, -0.1) is 10.2 Å². The molecule has 2 aliphatic heterocycles. The molecule has 0 spiro atoms. The van der Waals surface area contributed by atoms with E-state index in [1.807, 2.05) is 17.0 Å². The second kappa shape index (κ2) is 7.66. The second-order valence-corrected chi connectivity index (χ2v) is 8.35. The first-order valence-corrected chi connectivity index (χ1v) is 10.8. The number of benzene rings is 1. The largest absolute Gasteiger partial charge is 0.337 e. The molecular weight excluding hydrogens is 380 g/mol. The Morgan fingerprint density at radius 2 is 1.87 bits per heavy atom. The Labute approximate surface area is 174 Å². The maximum absolute atomic E-state index is 13.4. The van der Waals surface area contributed by atoms with Crippen LogP contribution in [0.3, 0.4) is 0 Å². The third kappa shape index (κ3) is 3.20. The fourth-order valence-corrected chi connectivity index (χ4v) is 4.79. The SMILES string of the molecule is Cn1nc(C(=O)N2CCC[C@H](c3nnc4n3CCCCC4)C2)c2ccccc2c1=O. The summed E-state index contributed by atoms with van der Waals surface area (Å²) >= 11 is 0.